The Morgan fingerprint density at radius 3 is 2.71 bits per heavy atom. The van der Waals surface area contributed by atoms with Crippen LogP contribution in [0.3, 0.4) is 0 Å². The molecule has 0 unspecified atom stereocenters. The zero-order chi connectivity index (χ0) is 24.9. The van der Waals surface area contributed by atoms with Gasteiger partial charge < -0.3 is 19.7 Å². The van der Waals surface area contributed by atoms with Crippen LogP contribution in [0.4, 0.5) is 5.69 Å². The first-order valence-corrected chi connectivity index (χ1v) is 13.4. The number of hydrogen-bond donors (Lipinski definition) is 2. The average Bonchev–Trinajstić information content (AvgIpc) is 3.25. The number of nitrogens with one attached hydrogen (secondary N) is 1. The third-order valence-corrected chi connectivity index (χ3v) is 9.27. The second-order valence-corrected chi connectivity index (χ2v) is 11.5. The number of benzene rings is 2. The summed E-state index contributed by atoms with van der Waals surface area (Å²) in [5, 5.41) is 11.5. The Hall–Kier alpha value is -2.88. The van der Waals surface area contributed by atoms with Crippen LogP contribution in [0.2, 0.25) is 0 Å². The number of aromatic amines is 1. The van der Waals surface area contributed by atoms with Gasteiger partial charge in [-0.3, -0.25) is 4.79 Å². The number of aliphatic hydroxyl groups excluding tert-OH is 1. The molecule has 1 saturated carbocycles. The summed E-state index contributed by atoms with van der Waals surface area (Å²) in [4.78, 5) is 18.1. The van der Waals surface area contributed by atoms with Crippen LogP contribution in [-0.4, -0.2) is 55.2 Å². The van der Waals surface area contributed by atoms with Crippen LogP contribution in [0.25, 0.3) is 10.9 Å². The number of anilines is 1. The molecule has 0 spiro atoms. The fourth-order valence-electron chi connectivity index (χ4n) is 5.12. The SMILES string of the molecule is Cc1ccc2cc(CN([C@@H]3CCC[C@H]3O)S(=O)(=O)c3ccc4c(c3)N(C)CCO4)c(=O)[nH]c2c1C. The molecule has 3 aromatic rings. The lowest BCUT2D eigenvalue weighted by molar-refractivity contribution is 0.110. The van der Waals surface area contributed by atoms with Crippen LogP contribution < -0.4 is 15.2 Å². The number of likely N-dealkylation sites (N-methyl/N-ethyl adjacent to an activating group) is 1. The lowest BCUT2D eigenvalue weighted by Crippen LogP contribution is -2.44. The van der Waals surface area contributed by atoms with Crippen molar-refractivity contribution in [3.8, 4) is 5.75 Å². The minimum Gasteiger partial charge on any atom is -0.490 e. The Kier molecular flexibility index (Phi) is 6.11. The zero-order valence-electron chi connectivity index (χ0n) is 20.2. The summed E-state index contributed by atoms with van der Waals surface area (Å²) in [5.41, 5.74) is 3.55. The van der Waals surface area contributed by atoms with Crippen LogP contribution in [0.5, 0.6) is 5.75 Å². The van der Waals surface area contributed by atoms with E-state index in [0.717, 1.165) is 28.5 Å². The molecule has 9 heteroatoms. The molecule has 2 heterocycles. The van der Waals surface area contributed by atoms with E-state index in [0.29, 0.717) is 43.0 Å². The third-order valence-electron chi connectivity index (χ3n) is 7.40. The number of rotatable bonds is 5. The molecule has 2 atom stereocenters. The minimum absolute atomic E-state index is 0.119. The van der Waals surface area contributed by atoms with E-state index in [-0.39, 0.29) is 17.0 Å². The molecule has 2 aromatic carbocycles. The van der Waals surface area contributed by atoms with Crippen LogP contribution in [0.15, 0.2) is 46.1 Å². The second kappa shape index (κ2) is 8.96. The first-order valence-electron chi connectivity index (χ1n) is 12.0. The number of ether oxygens (including phenoxy) is 1. The summed E-state index contributed by atoms with van der Waals surface area (Å²) in [6.07, 6.45) is 1.02. The van der Waals surface area contributed by atoms with E-state index in [1.165, 1.54) is 4.31 Å². The Labute approximate surface area is 205 Å². The predicted octanol–water partition coefficient (Wildman–Crippen LogP) is 3.08. The van der Waals surface area contributed by atoms with E-state index in [1.807, 2.05) is 37.9 Å². The number of pyridine rings is 1. The molecule has 5 rings (SSSR count). The molecule has 1 fully saturated rings. The summed E-state index contributed by atoms with van der Waals surface area (Å²) in [6.45, 7) is 5.02. The molecule has 35 heavy (non-hydrogen) atoms. The Bertz CT molecular complexity index is 1450. The fraction of sp³-hybridized carbons (Fsp3) is 0.423. The molecule has 0 saturated heterocycles. The quantitative estimate of drug-likeness (QED) is 0.562. The van der Waals surface area contributed by atoms with Gasteiger partial charge in [-0.25, -0.2) is 8.42 Å². The van der Waals surface area contributed by atoms with Crippen LogP contribution in [0.1, 0.15) is 36.0 Å². The number of sulfonamides is 1. The lowest BCUT2D eigenvalue weighted by atomic mass is 10.0. The molecule has 1 aromatic heterocycles. The topological polar surface area (TPSA) is 103 Å². The number of aryl methyl sites for hydroxylation is 2. The van der Waals surface area contributed by atoms with E-state index in [4.69, 9.17) is 4.74 Å². The van der Waals surface area contributed by atoms with Crippen molar-refractivity contribution in [2.24, 2.45) is 0 Å². The number of aromatic nitrogens is 1. The van der Waals surface area contributed by atoms with Crippen molar-refractivity contribution < 1.29 is 18.3 Å². The number of aliphatic hydroxyl groups is 1. The van der Waals surface area contributed by atoms with Crippen LogP contribution >= 0.6 is 0 Å². The highest BCUT2D eigenvalue weighted by molar-refractivity contribution is 7.89. The maximum Gasteiger partial charge on any atom is 0.252 e. The van der Waals surface area contributed by atoms with E-state index in [1.54, 1.807) is 24.3 Å². The van der Waals surface area contributed by atoms with Gasteiger partial charge in [-0.2, -0.15) is 4.31 Å². The molecule has 0 bridgehead atoms. The van der Waals surface area contributed by atoms with E-state index < -0.39 is 22.2 Å². The number of H-pyrrole nitrogens is 1. The van der Waals surface area contributed by atoms with Crippen molar-refractivity contribution in [3.05, 3.63) is 63.4 Å². The van der Waals surface area contributed by atoms with Gasteiger partial charge in [0.25, 0.3) is 5.56 Å². The number of nitrogens with zero attached hydrogens (tertiary/aromatic N) is 2. The highest BCUT2D eigenvalue weighted by Crippen LogP contribution is 2.36. The number of fused-ring (bicyclic) bond motifs is 2. The van der Waals surface area contributed by atoms with Crippen molar-refractivity contribution in [3.63, 3.8) is 0 Å². The van der Waals surface area contributed by atoms with Crippen molar-refractivity contribution >= 4 is 26.6 Å². The van der Waals surface area contributed by atoms with Crippen molar-refractivity contribution in [1.29, 1.82) is 0 Å². The van der Waals surface area contributed by atoms with E-state index >= 15 is 0 Å². The van der Waals surface area contributed by atoms with Crippen molar-refractivity contribution in [2.45, 2.75) is 56.7 Å². The maximum absolute atomic E-state index is 14.0. The van der Waals surface area contributed by atoms with Crippen LogP contribution in [-0.2, 0) is 16.6 Å². The Balaban J connectivity index is 1.59. The molecule has 1 aliphatic carbocycles. The standard InChI is InChI=1S/C26H31N3O5S/c1-16-7-8-18-13-19(26(31)27-25(18)17(16)2)15-29(21-5-4-6-23(21)30)35(32,33)20-9-10-24-22(14-20)28(3)11-12-34-24/h7-10,13-14,21,23,30H,4-6,11-12,15H2,1-3H3,(H,27,31)/t21-,23-/m1/s1. The second-order valence-electron chi connectivity index (χ2n) is 9.61. The first kappa shape index (κ1) is 23.8. The van der Waals surface area contributed by atoms with Gasteiger partial charge in [0.15, 0.2) is 0 Å². The summed E-state index contributed by atoms with van der Waals surface area (Å²) in [5.74, 6) is 0.641. The molecule has 8 nitrogen and oxygen atoms in total. The fourth-order valence-corrected chi connectivity index (χ4v) is 6.80. The monoisotopic (exact) mass is 497 g/mol. The molecular weight excluding hydrogens is 466 g/mol. The molecule has 0 radical (unpaired) electrons. The van der Waals surface area contributed by atoms with Crippen LogP contribution in [0, 0.1) is 13.8 Å². The maximum atomic E-state index is 14.0. The average molecular weight is 498 g/mol. The lowest BCUT2D eigenvalue weighted by Gasteiger charge is -2.32. The van der Waals surface area contributed by atoms with Gasteiger partial charge in [-0.05, 0) is 73.9 Å². The van der Waals surface area contributed by atoms with Crippen molar-refractivity contribution in [2.75, 3.05) is 25.1 Å². The third kappa shape index (κ3) is 4.22. The molecule has 2 N–H and O–H groups in total. The largest absolute Gasteiger partial charge is 0.490 e. The summed E-state index contributed by atoms with van der Waals surface area (Å²) in [6, 6.07) is 9.92. The van der Waals surface area contributed by atoms with Gasteiger partial charge in [0.05, 0.1) is 34.8 Å². The number of hydrogen-bond acceptors (Lipinski definition) is 6. The molecule has 0 amide bonds. The Morgan fingerprint density at radius 2 is 1.97 bits per heavy atom. The molecular formula is C26H31N3O5S. The van der Waals surface area contributed by atoms with E-state index in [9.17, 15) is 18.3 Å². The van der Waals surface area contributed by atoms with Gasteiger partial charge in [0, 0.05) is 19.2 Å². The smallest absolute Gasteiger partial charge is 0.252 e. The normalized spacial score (nSPS) is 20.3. The molecule has 1 aliphatic heterocycles. The van der Waals surface area contributed by atoms with Gasteiger partial charge in [-0.1, -0.05) is 12.1 Å². The highest BCUT2D eigenvalue weighted by Gasteiger charge is 2.39. The molecule has 186 valence electrons. The minimum atomic E-state index is -4.02. The van der Waals surface area contributed by atoms with Gasteiger partial charge >= 0.3 is 0 Å². The van der Waals surface area contributed by atoms with Gasteiger partial charge in [-0.15, -0.1) is 0 Å². The van der Waals surface area contributed by atoms with Crippen molar-refractivity contribution in [1.82, 2.24) is 9.29 Å². The summed E-state index contributed by atoms with van der Waals surface area (Å²) >= 11 is 0. The first-order chi connectivity index (χ1) is 16.7. The zero-order valence-corrected chi connectivity index (χ0v) is 21.1. The summed E-state index contributed by atoms with van der Waals surface area (Å²) in [7, 11) is -2.12. The van der Waals surface area contributed by atoms with E-state index in [2.05, 4.69) is 4.98 Å². The van der Waals surface area contributed by atoms with Gasteiger partial charge in [0.1, 0.15) is 12.4 Å². The predicted molar refractivity (Wildman–Crippen MR) is 136 cm³/mol. The Morgan fingerprint density at radius 1 is 1.17 bits per heavy atom. The molecule has 2 aliphatic rings. The highest BCUT2D eigenvalue weighted by atomic mass is 32.2. The summed E-state index contributed by atoms with van der Waals surface area (Å²) < 4.78 is 34.9. The van der Waals surface area contributed by atoms with Gasteiger partial charge in [0.2, 0.25) is 10.0 Å².